The van der Waals surface area contributed by atoms with Crippen LogP contribution in [0, 0.1) is 5.92 Å². The number of hydrogen-bond acceptors (Lipinski definition) is 3. The molecule has 0 aromatic carbocycles. The lowest BCUT2D eigenvalue weighted by molar-refractivity contribution is -0.150. The van der Waals surface area contributed by atoms with Gasteiger partial charge in [-0.25, -0.2) is 0 Å². The third-order valence-electron chi connectivity index (χ3n) is 2.90. The summed E-state index contributed by atoms with van der Waals surface area (Å²) in [6.07, 6.45) is 8.59. The second-order valence-corrected chi connectivity index (χ2v) is 4.26. The lowest BCUT2D eigenvalue weighted by Crippen LogP contribution is -2.42. The summed E-state index contributed by atoms with van der Waals surface area (Å²) >= 11 is 0. The van der Waals surface area contributed by atoms with Gasteiger partial charge in [-0.1, -0.05) is 18.2 Å². The van der Waals surface area contributed by atoms with Gasteiger partial charge in [-0.05, 0) is 26.7 Å². The summed E-state index contributed by atoms with van der Waals surface area (Å²) in [5.74, 6) is -0.396. The molecule has 1 rings (SSSR count). The molecular formula is C14H21NO3. The summed E-state index contributed by atoms with van der Waals surface area (Å²) < 4.78 is 5.00. The topological polar surface area (TPSA) is 46.6 Å². The van der Waals surface area contributed by atoms with Crippen molar-refractivity contribution in [3.63, 3.8) is 0 Å². The minimum absolute atomic E-state index is 0.0397. The highest BCUT2D eigenvalue weighted by Gasteiger charge is 2.28. The molecule has 1 aliphatic rings. The van der Waals surface area contributed by atoms with Crippen molar-refractivity contribution in [3.8, 4) is 0 Å². The Morgan fingerprint density at radius 1 is 1.39 bits per heavy atom. The minimum Gasteiger partial charge on any atom is -0.466 e. The summed E-state index contributed by atoms with van der Waals surface area (Å²) in [5.41, 5.74) is 0. The Labute approximate surface area is 108 Å². The van der Waals surface area contributed by atoms with Crippen LogP contribution in [0.1, 0.15) is 26.7 Å². The van der Waals surface area contributed by atoms with E-state index in [2.05, 4.69) is 0 Å². The van der Waals surface area contributed by atoms with E-state index in [1.54, 1.807) is 17.9 Å². The number of allylic oxidation sites excluding steroid dienone is 3. The molecule has 0 radical (unpaired) electrons. The molecule has 0 aliphatic carbocycles. The zero-order valence-electron chi connectivity index (χ0n) is 11.1. The number of hydrogen-bond donors (Lipinski definition) is 0. The smallest absolute Gasteiger partial charge is 0.310 e. The highest BCUT2D eigenvalue weighted by atomic mass is 16.5. The monoisotopic (exact) mass is 251 g/mol. The number of ether oxygens (including phenoxy) is 1. The zero-order valence-corrected chi connectivity index (χ0v) is 11.1. The number of carbonyl (C=O) groups excluding carboxylic acids is 2. The summed E-state index contributed by atoms with van der Waals surface area (Å²) in [4.78, 5) is 25.2. The van der Waals surface area contributed by atoms with Crippen LogP contribution in [-0.2, 0) is 14.3 Å². The van der Waals surface area contributed by atoms with Crippen molar-refractivity contribution < 1.29 is 14.3 Å². The van der Waals surface area contributed by atoms with Crippen molar-refractivity contribution in [2.75, 3.05) is 19.7 Å². The third-order valence-corrected chi connectivity index (χ3v) is 2.90. The van der Waals surface area contributed by atoms with E-state index < -0.39 is 0 Å². The zero-order chi connectivity index (χ0) is 13.4. The standard InChI is InChI=1S/C14H21NO3/c1-3-5-6-9-13(16)15-10-7-8-12(11-15)14(17)18-4-2/h3,5-6,9,12H,4,7-8,10-11H2,1-2H3/b5-3+,9-6+. The minimum atomic E-state index is -0.188. The summed E-state index contributed by atoms with van der Waals surface area (Å²) in [7, 11) is 0. The first-order valence-corrected chi connectivity index (χ1v) is 6.44. The molecule has 0 N–H and O–H groups in total. The first kappa shape index (κ1) is 14.5. The first-order valence-electron chi connectivity index (χ1n) is 6.44. The first-order chi connectivity index (χ1) is 8.69. The van der Waals surface area contributed by atoms with E-state index in [0.29, 0.717) is 13.2 Å². The predicted octanol–water partition coefficient (Wildman–Crippen LogP) is 1.92. The highest BCUT2D eigenvalue weighted by molar-refractivity contribution is 5.88. The van der Waals surface area contributed by atoms with Crippen molar-refractivity contribution in [1.82, 2.24) is 4.90 Å². The lowest BCUT2D eigenvalue weighted by Gasteiger charge is -2.30. The van der Waals surface area contributed by atoms with Crippen LogP contribution in [-0.4, -0.2) is 36.5 Å². The van der Waals surface area contributed by atoms with Gasteiger partial charge in [0, 0.05) is 19.2 Å². The van der Waals surface area contributed by atoms with E-state index in [9.17, 15) is 9.59 Å². The van der Waals surface area contributed by atoms with Gasteiger partial charge < -0.3 is 9.64 Å². The van der Waals surface area contributed by atoms with Gasteiger partial charge in [0.25, 0.3) is 0 Å². The second kappa shape index (κ2) is 7.69. The van der Waals surface area contributed by atoms with Gasteiger partial charge >= 0.3 is 5.97 Å². The number of likely N-dealkylation sites (tertiary alicyclic amines) is 1. The normalized spacial score (nSPS) is 20.6. The van der Waals surface area contributed by atoms with Gasteiger partial charge in [0.05, 0.1) is 12.5 Å². The molecule has 0 bridgehead atoms. The van der Waals surface area contributed by atoms with Crippen LogP contribution in [0.4, 0.5) is 0 Å². The van der Waals surface area contributed by atoms with E-state index in [-0.39, 0.29) is 17.8 Å². The van der Waals surface area contributed by atoms with Gasteiger partial charge in [-0.3, -0.25) is 9.59 Å². The Hall–Kier alpha value is -1.58. The second-order valence-electron chi connectivity index (χ2n) is 4.26. The van der Waals surface area contributed by atoms with Crippen molar-refractivity contribution in [2.24, 2.45) is 5.92 Å². The number of esters is 1. The molecule has 0 aromatic heterocycles. The van der Waals surface area contributed by atoms with Crippen molar-refractivity contribution in [2.45, 2.75) is 26.7 Å². The maximum Gasteiger partial charge on any atom is 0.310 e. The average Bonchev–Trinajstić information content (AvgIpc) is 2.39. The molecule has 1 heterocycles. The number of rotatable bonds is 4. The molecule has 0 saturated carbocycles. The molecule has 4 nitrogen and oxygen atoms in total. The molecule has 4 heteroatoms. The number of nitrogens with zero attached hydrogens (tertiary/aromatic N) is 1. The lowest BCUT2D eigenvalue weighted by atomic mass is 9.98. The molecule has 100 valence electrons. The Balaban J connectivity index is 2.52. The fourth-order valence-corrected chi connectivity index (χ4v) is 1.98. The van der Waals surface area contributed by atoms with E-state index in [1.165, 1.54) is 6.08 Å². The molecule has 1 atom stereocenters. The summed E-state index contributed by atoms with van der Waals surface area (Å²) in [6, 6.07) is 0. The average molecular weight is 251 g/mol. The van der Waals surface area contributed by atoms with E-state index in [4.69, 9.17) is 4.74 Å². The third kappa shape index (κ3) is 4.35. The van der Waals surface area contributed by atoms with Crippen LogP contribution < -0.4 is 0 Å². The largest absolute Gasteiger partial charge is 0.466 e. The molecule has 1 fully saturated rings. The Morgan fingerprint density at radius 2 is 2.17 bits per heavy atom. The van der Waals surface area contributed by atoms with Crippen LogP contribution in [0.15, 0.2) is 24.3 Å². The van der Waals surface area contributed by atoms with Crippen LogP contribution in [0.25, 0.3) is 0 Å². The molecule has 1 saturated heterocycles. The number of carbonyl (C=O) groups is 2. The highest BCUT2D eigenvalue weighted by Crippen LogP contribution is 2.18. The van der Waals surface area contributed by atoms with E-state index >= 15 is 0 Å². The van der Waals surface area contributed by atoms with Gasteiger partial charge in [-0.15, -0.1) is 0 Å². The van der Waals surface area contributed by atoms with Gasteiger partial charge in [0.1, 0.15) is 0 Å². The Morgan fingerprint density at radius 3 is 2.83 bits per heavy atom. The van der Waals surface area contributed by atoms with Gasteiger partial charge in [0.2, 0.25) is 5.91 Å². The molecule has 1 unspecified atom stereocenters. The fraction of sp³-hybridized carbons (Fsp3) is 0.571. The molecule has 18 heavy (non-hydrogen) atoms. The van der Waals surface area contributed by atoms with Gasteiger partial charge in [0.15, 0.2) is 0 Å². The quantitative estimate of drug-likeness (QED) is 0.435. The number of piperidine rings is 1. The predicted molar refractivity (Wildman–Crippen MR) is 69.9 cm³/mol. The van der Waals surface area contributed by atoms with Crippen molar-refractivity contribution in [1.29, 1.82) is 0 Å². The van der Waals surface area contributed by atoms with Crippen molar-refractivity contribution >= 4 is 11.9 Å². The van der Waals surface area contributed by atoms with E-state index in [1.807, 2.05) is 19.1 Å². The Bertz CT molecular complexity index is 347. The molecule has 1 aliphatic heterocycles. The van der Waals surface area contributed by atoms with Crippen LogP contribution >= 0.6 is 0 Å². The molecule has 0 aromatic rings. The number of amides is 1. The van der Waals surface area contributed by atoms with Crippen LogP contribution in [0.5, 0.6) is 0 Å². The van der Waals surface area contributed by atoms with E-state index in [0.717, 1.165) is 19.4 Å². The molecule has 0 spiro atoms. The molecular weight excluding hydrogens is 230 g/mol. The summed E-state index contributed by atoms with van der Waals surface area (Å²) in [5, 5.41) is 0. The van der Waals surface area contributed by atoms with Crippen LogP contribution in [0.2, 0.25) is 0 Å². The molecule has 1 amide bonds. The maximum atomic E-state index is 11.9. The van der Waals surface area contributed by atoms with Crippen molar-refractivity contribution in [3.05, 3.63) is 24.3 Å². The maximum absolute atomic E-state index is 11.9. The SMILES string of the molecule is C/C=C/C=C/C(=O)N1CCCC(C(=O)OCC)C1. The Kier molecular flexibility index (Phi) is 6.19. The summed E-state index contributed by atoms with van der Waals surface area (Å²) in [6.45, 7) is 5.27. The van der Waals surface area contributed by atoms with Gasteiger partial charge in [-0.2, -0.15) is 0 Å². The fourth-order valence-electron chi connectivity index (χ4n) is 1.98. The van der Waals surface area contributed by atoms with Crippen LogP contribution in [0.3, 0.4) is 0 Å².